The highest BCUT2D eigenvalue weighted by Gasteiger charge is 2.34. The number of carbonyl (C=O) groups is 1. The first-order valence-electron chi connectivity index (χ1n) is 7.23. The third-order valence-electron chi connectivity index (χ3n) is 3.92. The molecule has 3 rings (SSSR count). The van der Waals surface area contributed by atoms with Crippen LogP contribution in [0.5, 0.6) is 0 Å². The molecule has 0 bridgehead atoms. The van der Waals surface area contributed by atoms with Gasteiger partial charge in [0.25, 0.3) is 5.91 Å². The molecule has 0 radical (unpaired) electrons. The van der Waals surface area contributed by atoms with Crippen molar-refractivity contribution in [2.75, 3.05) is 18.1 Å². The maximum Gasteiger partial charge on any atom is 0.274 e. The minimum atomic E-state index is -3.03. The van der Waals surface area contributed by atoms with Crippen LogP contribution < -0.4 is 0 Å². The van der Waals surface area contributed by atoms with Crippen molar-refractivity contribution in [3.05, 3.63) is 36.2 Å². The Bertz CT molecular complexity index is 820. The number of aromatic nitrogens is 2. The zero-order chi connectivity index (χ0) is 15.7. The van der Waals surface area contributed by atoms with Gasteiger partial charge < -0.3 is 4.90 Å². The molecule has 1 unspecified atom stereocenters. The summed E-state index contributed by atoms with van der Waals surface area (Å²) in [6, 6.07) is 7.07. The molecule has 7 heteroatoms. The summed E-state index contributed by atoms with van der Waals surface area (Å²) in [6.45, 7) is 2.30. The lowest BCUT2D eigenvalue weighted by molar-refractivity contribution is 0.0702. The fourth-order valence-electron chi connectivity index (χ4n) is 2.80. The van der Waals surface area contributed by atoms with Gasteiger partial charge in [-0.25, -0.2) is 13.4 Å². The van der Waals surface area contributed by atoms with E-state index in [1.54, 1.807) is 11.0 Å². The first-order chi connectivity index (χ1) is 10.5. The van der Waals surface area contributed by atoms with Crippen LogP contribution in [0.15, 0.2) is 30.5 Å². The molecule has 1 fully saturated rings. The van der Waals surface area contributed by atoms with Crippen LogP contribution in [0.4, 0.5) is 0 Å². The smallest absolute Gasteiger partial charge is 0.274 e. The Hall–Kier alpha value is -2.02. The first-order valence-corrected chi connectivity index (χ1v) is 9.05. The Morgan fingerprint density at radius 2 is 2.05 bits per heavy atom. The second-order valence-electron chi connectivity index (χ2n) is 5.39. The number of amides is 1. The zero-order valence-electron chi connectivity index (χ0n) is 12.3. The van der Waals surface area contributed by atoms with E-state index in [1.807, 2.05) is 25.1 Å². The van der Waals surface area contributed by atoms with Crippen molar-refractivity contribution in [2.45, 2.75) is 19.4 Å². The third-order valence-corrected chi connectivity index (χ3v) is 5.67. The number of carbonyl (C=O) groups excluding carboxylic acids is 1. The van der Waals surface area contributed by atoms with Gasteiger partial charge in [-0.2, -0.15) is 0 Å². The van der Waals surface area contributed by atoms with E-state index in [0.29, 0.717) is 18.5 Å². The van der Waals surface area contributed by atoms with Crippen LogP contribution in [0.25, 0.3) is 11.0 Å². The van der Waals surface area contributed by atoms with Crippen molar-refractivity contribution in [2.24, 2.45) is 0 Å². The van der Waals surface area contributed by atoms with Crippen molar-refractivity contribution in [3.8, 4) is 0 Å². The van der Waals surface area contributed by atoms with Gasteiger partial charge in [-0.05, 0) is 25.5 Å². The summed E-state index contributed by atoms with van der Waals surface area (Å²) >= 11 is 0. The molecule has 22 heavy (non-hydrogen) atoms. The molecule has 0 aliphatic carbocycles. The number of para-hydroxylation sites is 2. The highest BCUT2D eigenvalue weighted by Crippen LogP contribution is 2.20. The molecule has 1 aromatic carbocycles. The second-order valence-corrected chi connectivity index (χ2v) is 7.62. The Kier molecular flexibility index (Phi) is 3.82. The molecule has 0 saturated carbocycles. The Morgan fingerprint density at radius 1 is 1.32 bits per heavy atom. The molecule has 1 aromatic heterocycles. The van der Waals surface area contributed by atoms with Crippen LogP contribution in [0.3, 0.4) is 0 Å². The van der Waals surface area contributed by atoms with Crippen molar-refractivity contribution in [1.29, 1.82) is 0 Å². The topological polar surface area (TPSA) is 80.2 Å². The molecule has 1 aliphatic heterocycles. The quantitative estimate of drug-likeness (QED) is 0.851. The van der Waals surface area contributed by atoms with Crippen LogP contribution in [0.1, 0.15) is 23.8 Å². The molecular weight excluding hydrogens is 302 g/mol. The molecule has 1 aliphatic rings. The second kappa shape index (κ2) is 5.64. The van der Waals surface area contributed by atoms with Crippen molar-refractivity contribution in [3.63, 3.8) is 0 Å². The van der Waals surface area contributed by atoms with Gasteiger partial charge in [0.15, 0.2) is 9.84 Å². The lowest BCUT2D eigenvalue weighted by Crippen LogP contribution is -2.41. The zero-order valence-corrected chi connectivity index (χ0v) is 13.1. The fourth-order valence-corrected chi connectivity index (χ4v) is 4.53. The van der Waals surface area contributed by atoms with E-state index in [2.05, 4.69) is 9.97 Å². The fraction of sp³-hybridized carbons (Fsp3) is 0.400. The van der Waals surface area contributed by atoms with Crippen molar-refractivity contribution < 1.29 is 13.2 Å². The summed E-state index contributed by atoms with van der Waals surface area (Å²) in [5.41, 5.74) is 1.64. The molecule has 116 valence electrons. The number of sulfone groups is 1. The Labute approximate surface area is 129 Å². The van der Waals surface area contributed by atoms with Gasteiger partial charge in [-0.1, -0.05) is 12.1 Å². The van der Waals surface area contributed by atoms with Gasteiger partial charge in [0.05, 0.1) is 28.7 Å². The van der Waals surface area contributed by atoms with Crippen LogP contribution >= 0.6 is 0 Å². The van der Waals surface area contributed by atoms with E-state index in [4.69, 9.17) is 0 Å². The van der Waals surface area contributed by atoms with Crippen LogP contribution in [-0.2, 0) is 9.84 Å². The van der Waals surface area contributed by atoms with Gasteiger partial charge in [0.1, 0.15) is 5.69 Å². The molecule has 6 nitrogen and oxygen atoms in total. The minimum Gasteiger partial charge on any atom is -0.334 e. The predicted molar refractivity (Wildman–Crippen MR) is 83.3 cm³/mol. The van der Waals surface area contributed by atoms with Crippen molar-refractivity contribution >= 4 is 26.8 Å². The summed E-state index contributed by atoms with van der Waals surface area (Å²) in [6.07, 6.45) is 1.94. The molecule has 1 atom stereocenters. The molecule has 2 aromatic rings. The number of benzene rings is 1. The minimum absolute atomic E-state index is 0.0353. The largest absolute Gasteiger partial charge is 0.334 e. The summed E-state index contributed by atoms with van der Waals surface area (Å²) in [7, 11) is -3.03. The Morgan fingerprint density at radius 3 is 2.68 bits per heavy atom. The molecule has 1 saturated heterocycles. The predicted octanol–water partition coefficient (Wildman–Crippen LogP) is 1.28. The van der Waals surface area contributed by atoms with Gasteiger partial charge in [0.2, 0.25) is 0 Å². The average molecular weight is 319 g/mol. The highest BCUT2D eigenvalue weighted by atomic mass is 32.2. The number of hydrogen-bond donors (Lipinski definition) is 0. The van der Waals surface area contributed by atoms with Crippen LogP contribution in [-0.4, -0.2) is 53.3 Å². The summed E-state index contributed by atoms with van der Waals surface area (Å²) in [5.74, 6) is -0.0822. The monoisotopic (exact) mass is 319 g/mol. The molecular formula is C15H17N3O3S. The van der Waals surface area contributed by atoms with E-state index >= 15 is 0 Å². The number of hydrogen-bond acceptors (Lipinski definition) is 5. The molecule has 2 heterocycles. The van der Waals surface area contributed by atoms with Gasteiger partial charge >= 0.3 is 0 Å². The summed E-state index contributed by atoms with van der Waals surface area (Å²) in [5, 5.41) is 0. The summed E-state index contributed by atoms with van der Waals surface area (Å²) < 4.78 is 23.3. The van der Waals surface area contributed by atoms with E-state index in [-0.39, 0.29) is 29.1 Å². The van der Waals surface area contributed by atoms with E-state index < -0.39 is 9.84 Å². The van der Waals surface area contributed by atoms with Gasteiger partial charge in [0, 0.05) is 12.6 Å². The first kappa shape index (κ1) is 14.9. The lowest BCUT2D eigenvalue weighted by Gasteiger charge is -2.26. The Balaban J connectivity index is 1.89. The lowest BCUT2D eigenvalue weighted by atomic mass is 10.2. The van der Waals surface area contributed by atoms with Gasteiger partial charge in [-0.15, -0.1) is 0 Å². The number of nitrogens with zero attached hydrogens (tertiary/aromatic N) is 3. The number of rotatable bonds is 3. The standard InChI is InChI=1S/C15H17N3O3S/c1-2-18(11-7-8-22(20,21)10-11)15(19)14-9-16-12-5-3-4-6-13(12)17-14/h3-6,9,11H,2,7-8,10H2,1H3. The average Bonchev–Trinajstić information content (AvgIpc) is 2.87. The number of fused-ring (bicyclic) bond motifs is 1. The van der Waals surface area contributed by atoms with Crippen LogP contribution in [0, 0.1) is 0 Å². The van der Waals surface area contributed by atoms with E-state index in [0.717, 1.165) is 5.52 Å². The molecule has 0 spiro atoms. The maximum absolute atomic E-state index is 12.6. The van der Waals surface area contributed by atoms with Gasteiger partial charge in [-0.3, -0.25) is 9.78 Å². The SMILES string of the molecule is CCN(C(=O)c1cnc2ccccc2n1)C1CCS(=O)(=O)C1. The molecule has 1 amide bonds. The summed E-state index contributed by atoms with van der Waals surface area (Å²) in [4.78, 5) is 22.8. The normalized spacial score (nSPS) is 20.1. The molecule has 0 N–H and O–H groups in total. The maximum atomic E-state index is 12.6. The van der Waals surface area contributed by atoms with Crippen LogP contribution in [0.2, 0.25) is 0 Å². The third kappa shape index (κ3) is 2.81. The van der Waals surface area contributed by atoms with E-state index in [1.165, 1.54) is 6.20 Å². The van der Waals surface area contributed by atoms with E-state index in [9.17, 15) is 13.2 Å². The highest BCUT2D eigenvalue weighted by molar-refractivity contribution is 7.91. The van der Waals surface area contributed by atoms with Crippen molar-refractivity contribution in [1.82, 2.24) is 14.9 Å².